The monoisotopic (exact) mass is 378 g/mol. The lowest BCUT2D eigenvalue weighted by molar-refractivity contribution is -0.136. The van der Waals surface area contributed by atoms with Gasteiger partial charge in [0.05, 0.1) is 5.69 Å². The van der Waals surface area contributed by atoms with Crippen molar-refractivity contribution in [1.82, 2.24) is 25.7 Å². The van der Waals surface area contributed by atoms with E-state index in [0.29, 0.717) is 30.4 Å². The summed E-state index contributed by atoms with van der Waals surface area (Å²) in [6.07, 6.45) is 0.589. The standard InChI is InChI=1S/C18H30N6O3/c1-10(2)6-7-19-16(26)17(27)21-14-8-12(5)23-24(14)18-20-13(11(3)4)9-15(25)22-18/h8,10-11,13,18,20H,6-7,9H2,1-5H3,(H,19,26)(H,21,27)(H,22,25). The molecule has 1 aliphatic heterocycles. The van der Waals surface area contributed by atoms with E-state index in [4.69, 9.17) is 0 Å². The van der Waals surface area contributed by atoms with E-state index in [2.05, 4.69) is 26.4 Å². The summed E-state index contributed by atoms with van der Waals surface area (Å²) in [7, 11) is 0. The van der Waals surface area contributed by atoms with Crippen molar-refractivity contribution in [3.05, 3.63) is 11.8 Å². The normalized spacial score (nSPS) is 19.9. The van der Waals surface area contributed by atoms with Crippen LogP contribution in [-0.4, -0.2) is 40.1 Å². The van der Waals surface area contributed by atoms with Crippen LogP contribution in [0.2, 0.25) is 0 Å². The second-order valence-corrected chi connectivity index (χ2v) is 7.70. The predicted molar refractivity (Wildman–Crippen MR) is 102 cm³/mol. The second kappa shape index (κ2) is 8.98. The van der Waals surface area contributed by atoms with E-state index >= 15 is 0 Å². The lowest BCUT2D eigenvalue weighted by atomic mass is 9.99. The van der Waals surface area contributed by atoms with E-state index in [1.807, 2.05) is 27.7 Å². The van der Waals surface area contributed by atoms with Crippen LogP contribution in [-0.2, 0) is 14.4 Å². The summed E-state index contributed by atoms with van der Waals surface area (Å²) in [5.74, 6) is -0.496. The van der Waals surface area contributed by atoms with Gasteiger partial charge in [0.15, 0.2) is 6.29 Å². The minimum atomic E-state index is -0.762. The molecule has 0 saturated carbocycles. The summed E-state index contributed by atoms with van der Waals surface area (Å²) in [4.78, 5) is 36.2. The molecule has 1 saturated heterocycles. The molecule has 2 unspecified atom stereocenters. The average Bonchev–Trinajstić information content (AvgIpc) is 2.94. The molecule has 0 radical (unpaired) electrons. The fourth-order valence-corrected chi connectivity index (χ4v) is 2.81. The van der Waals surface area contributed by atoms with Crippen molar-refractivity contribution in [2.24, 2.45) is 11.8 Å². The highest BCUT2D eigenvalue weighted by Crippen LogP contribution is 2.19. The number of aryl methyl sites for hydroxylation is 1. The smallest absolute Gasteiger partial charge is 0.314 e. The van der Waals surface area contributed by atoms with E-state index in [0.717, 1.165) is 6.42 Å². The number of carbonyl (C=O) groups is 3. The molecule has 2 heterocycles. The largest absolute Gasteiger partial charge is 0.348 e. The Morgan fingerprint density at radius 2 is 2.00 bits per heavy atom. The second-order valence-electron chi connectivity index (χ2n) is 7.70. The van der Waals surface area contributed by atoms with Gasteiger partial charge in [0.2, 0.25) is 5.91 Å². The molecule has 3 amide bonds. The molecule has 2 atom stereocenters. The zero-order chi connectivity index (χ0) is 20.1. The number of amides is 3. The first-order valence-corrected chi connectivity index (χ1v) is 9.38. The highest BCUT2D eigenvalue weighted by molar-refractivity contribution is 6.39. The van der Waals surface area contributed by atoms with E-state index < -0.39 is 18.1 Å². The molecule has 4 N–H and O–H groups in total. The molecular formula is C18H30N6O3. The van der Waals surface area contributed by atoms with Gasteiger partial charge in [-0.2, -0.15) is 5.10 Å². The number of anilines is 1. The average molecular weight is 378 g/mol. The molecule has 1 aliphatic rings. The summed E-state index contributed by atoms with van der Waals surface area (Å²) >= 11 is 0. The van der Waals surface area contributed by atoms with Gasteiger partial charge in [-0.25, -0.2) is 4.68 Å². The molecule has 1 aromatic heterocycles. The Balaban J connectivity index is 2.07. The van der Waals surface area contributed by atoms with Crippen molar-refractivity contribution in [1.29, 1.82) is 0 Å². The van der Waals surface area contributed by atoms with E-state index in [-0.39, 0.29) is 17.9 Å². The molecule has 27 heavy (non-hydrogen) atoms. The van der Waals surface area contributed by atoms with Gasteiger partial charge in [-0.05, 0) is 25.2 Å². The molecule has 0 aliphatic carbocycles. The number of aromatic nitrogens is 2. The Morgan fingerprint density at radius 1 is 1.30 bits per heavy atom. The van der Waals surface area contributed by atoms with Gasteiger partial charge >= 0.3 is 11.8 Å². The van der Waals surface area contributed by atoms with Crippen LogP contribution in [0.1, 0.15) is 52.5 Å². The fourth-order valence-electron chi connectivity index (χ4n) is 2.81. The van der Waals surface area contributed by atoms with Gasteiger partial charge in [-0.15, -0.1) is 0 Å². The zero-order valence-electron chi connectivity index (χ0n) is 16.6. The maximum atomic E-state index is 12.2. The maximum Gasteiger partial charge on any atom is 0.314 e. The number of nitrogens with zero attached hydrogens (tertiary/aromatic N) is 2. The molecule has 2 rings (SSSR count). The Bertz CT molecular complexity index is 697. The van der Waals surface area contributed by atoms with E-state index in [9.17, 15) is 14.4 Å². The summed E-state index contributed by atoms with van der Waals surface area (Å²) in [6, 6.07) is 1.66. The van der Waals surface area contributed by atoms with Gasteiger partial charge in [0.1, 0.15) is 5.82 Å². The Morgan fingerprint density at radius 3 is 2.63 bits per heavy atom. The van der Waals surface area contributed by atoms with Crippen LogP contribution in [0.15, 0.2) is 6.07 Å². The van der Waals surface area contributed by atoms with E-state index in [1.54, 1.807) is 13.0 Å². The third kappa shape index (κ3) is 5.78. The van der Waals surface area contributed by atoms with Gasteiger partial charge in [0.25, 0.3) is 0 Å². The molecule has 150 valence electrons. The number of carbonyl (C=O) groups excluding carboxylic acids is 3. The van der Waals surface area contributed by atoms with Crippen molar-refractivity contribution in [3.63, 3.8) is 0 Å². The Kier molecular flexibility index (Phi) is 6.95. The third-order valence-electron chi connectivity index (χ3n) is 4.44. The molecule has 0 aromatic carbocycles. The first-order valence-electron chi connectivity index (χ1n) is 9.38. The minimum Gasteiger partial charge on any atom is -0.348 e. The Labute approximate surface area is 159 Å². The van der Waals surface area contributed by atoms with Gasteiger partial charge in [-0.1, -0.05) is 27.7 Å². The number of nitrogens with one attached hydrogen (secondary N) is 4. The molecule has 0 bridgehead atoms. The highest BCUT2D eigenvalue weighted by Gasteiger charge is 2.30. The van der Waals surface area contributed by atoms with Crippen molar-refractivity contribution in [2.75, 3.05) is 11.9 Å². The lowest BCUT2D eigenvalue weighted by Crippen LogP contribution is -2.55. The zero-order valence-corrected chi connectivity index (χ0v) is 16.6. The molecular weight excluding hydrogens is 348 g/mol. The van der Waals surface area contributed by atoms with Gasteiger partial charge < -0.3 is 16.0 Å². The van der Waals surface area contributed by atoms with Crippen LogP contribution >= 0.6 is 0 Å². The SMILES string of the molecule is Cc1cc(NC(=O)C(=O)NCCC(C)C)n(C2NC(=O)CC(C(C)C)N2)n1. The molecule has 9 nitrogen and oxygen atoms in total. The van der Waals surface area contributed by atoms with Crippen LogP contribution in [0.5, 0.6) is 0 Å². The minimum absolute atomic E-state index is 0.00357. The first kappa shape index (κ1) is 20.9. The van der Waals surface area contributed by atoms with Gasteiger partial charge in [-0.3, -0.25) is 19.7 Å². The van der Waals surface area contributed by atoms with E-state index in [1.165, 1.54) is 4.68 Å². The molecule has 9 heteroatoms. The van der Waals surface area contributed by atoms with Crippen LogP contribution in [0, 0.1) is 18.8 Å². The molecule has 1 aromatic rings. The quantitative estimate of drug-likeness (QED) is 0.548. The number of hydrogen-bond donors (Lipinski definition) is 4. The summed E-state index contributed by atoms with van der Waals surface area (Å²) in [6.45, 7) is 10.4. The number of rotatable bonds is 6. The highest BCUT2D eigenvalue weighted by atomic mass is 16.2. The van der Waals surface area contributed by atoms with Crippen molar-refractivity contribution in [2.45, 2.75) is 59.8 Å². The van der Waals surface area contributed by atoms with Crippen LogP contribution in [0.25, 0.3) is 0 Å². The van der Waals surface area contributed by atoms with Crippen molar-refractivity contribution < 1.29 is 14.4 Å². The summed E-state index contributed by atoms with van der Waals surface area (Å²) < 4.78 is 1.49. The Hall–Kier alpha value is -2.42. The summed E-state index contributed by atoms with van der Waals surface area (Å²) in [5.41, 5.74) is 0.660. The van der Waals surface area contributed by atoms with Gasteiger partial charge in [0, 0.05) is 25.1 Å². The topological polar surface area (TPSA) is 117 Å². The lowest BCUT2D eigenvalue weighted by Gasteiger charge is -2.34. The third-order valence-corrected chi connectivity index (χ3v) is 4.44. The van der Waals surface area contributed by atoms with Crippen LogP contribution in [0.3, 0.4) is 0 Å². The summed E-state index contributed by atoms with van der Waals surface area (Å²) in [5, 5.41) is 15.7. The number of hydrogen-bond acceptors (Lipinski definition) is 5. The predicted octanol–water partition coefficient (Wildman–Crippen LogP) is 0.883. The molecule has 1 fully saturated rings. The fraction of sp³-hybridized carbons (Fsp3) is 0.667. The molecule has 0 spiro atoms. The first-order chi connectivity index (χ1) is 12.7. The van der Waals surface area contributed by atoms with Crippen LogP contribution in [0.4, 0.5) is 5.82 Å². The van der Waals surface area contributed by atoms with Crippen LogP contribution < -0.4 is 21.3 Å². The van der Waals surface area contributed by atoms with Crippen molar-refractivity contribution in [3.8, 4) is 0 Å². The van der Waals surface area contributed by atoms with Crippen molar-refractivity contribution >= 4 is 23.5 Å². The maximum absolute atomic E-state index is 12.2.